The van der Waals surface area contributed by atoms with Gasteiger partial charge in [0.05, 0.1) is 11.4 Å². The maximum atomic E-state index is 12.4. The van der Waals surface area contributed by atoms with Crippen LogP contribution in [0.1, 0.15) is 11.1 Å². The highest BCUT2D eigenvalue weighted by Crippen LogP contribution is 2.30. The molecule has 0 atom stereocenters. The highest BCUT2D eigenvalue weighted by molar-refractivity contribution is 6.19. The number of benzodiazepines with no additional fused rings is 1. The molecule has 4 nitrogen and oxygen atoms in total. The molecule has 1 heterocycles. The van der Waals surface area contributed by atoms with Crippen LogP contribution in [0.5, 0.6) is 5.75 Å². The Morgan fingerprint density at radius 2 is 1.83 bits per heavy atom. The summed E-state index contributed by atoms with van der Waals surface area (Å²) >= 11 is 0. The molecule has 0 bridgehead atoms. The van der Waals surface area contributed by atoms with Gasteiger partial charge in [-0.05, 0) is 18.2 Å². The first-order chi connectivity index (χ1) is 10.9. The smallest absolute Gasteiger partial charge is 0.406 e. The number of fused-ring (bicyclic) bond motifs is 1. The van der Waals surface area contributed by atoms with Crippen LogP contribution < -0.4 is 10.1 Å². The molecule has 0 unspecified atom stereocenters. The van der Waals surface area contributed by atoms with Crippen LogP contribution >= 0.6 is 0 Å². The molecule has 2 aromatic carbocycles. The van der Waals surface area contributed by atoms with Crippen LogP contribution in [0.4, 0.5) is 18.9 Å². The van der Waals surface area contributed by atoms with Gasteiger partial charge in [-0.15, -0.1) is 13.2 Å². The van der Waals surface area contributed by atoms with Gasteiger partial charge in [-0.1, -0.05) is 30.3 Å². The van der Waals surface area contributed by atoms with E-state index < -0.39 is 6.36 Å². The largest absolute Gasteiger partial charge is 0.573 e. The van der Waals surface area contributed by atoms with Crippen LogP contribution in [0.3, 0.4) is 0 Å². The third kappa shape index (κ3) is 3.50. The summed E-state index contributed by atoms with van der Waals surface area (Å²) in [4.78, 5) is 15.9. The third-order valence-electron chi connectivity index (χ3n) is 3.18. The van der Waals surface area contributed by atoms with E-state index in [1.807, 2.05) is 6.07 Å². The number of halogens is 3. The fourth-order valence-corrected chi connectivity index (χ4v) is 2.29. The fourth-order valence-electron chi connectivity index (χ4n) is 2.29. The van der Waals surface area contributed by atoms with Crippen molar-refractivity contribution in [2.45, 2.75) is 6.36 Å². The predicted molar refractivity (Wildman–Crippen MR) is 78.7 cm³/mol. The van der Waals surface area contributed by atoms with Crippen molar-refractivity contribution in [1.82, 2.24) is 0 Å². The van der Waals surface area contributed by atoms with Gasteiger partial charge in [0.15, 0.2) is 0 Å². The molecule has 0 aliphatic carbocycles. The molecule has 7 heteroatoms. The van der Waals surface area contributed by atoms with E-state index in [0.717, 1.165) is 6.07 Å². The number of carbonyl (C=O) groups is 1. The van der Waals surface area contributed by atoms with Gasteiger partial charge in [-0.25, -0.2) is 0 Å². The zero-order chi connectivity index (χ0) is 16.4. The van der Waals surface area contributed by atoms with Crippen LogP contribution in [-0.4, -0.2) is 24.5 Å². The maximum Gasteiger partial charge on any atom is 0.573 e. The summed E-state index contributed by atoms with van der Waals surface area (Å²) in [6.07, 6.45) is -4.79. The normalized spacial score (nSPS) is 14.4. The molecule has 3 rings (SSSR count). The van der Waals surface area contributed by atoms with Gasteiger partial charge in [-0.3, -0.25) is 9.79 Å². The Bertz CT molecular complexity index is 771. The molecule has 0 aromatic heterocycles. The number of ether oxygens (including phenoxy) is 1. The summed E-state index contributed by atoms with van der Waals surface area (Å²) < 4.78 is 41.2. The van der Waals surface area contributed by atoms with E-state index >= 15 is 0 Å². The minimum atomic E-state index is -4.79. The number of hydrogen-bond acceptors (Lipinski definition) is 3. The molecule has 0 fully saturated rings. The highest BCUT2D eigenvalue weighted by atomic mass is 19.4. The number of hydrogen-bond donors (Lipinski definition) is 1. The third-order valence-corrected chi connectivity index (χ3v) is 3.18. The SMILES string of the molecule is O=C1CN=C(c2ccccc2)c2cc(OC(F)(F)F)ccc2N1. The Hall–Kier alpha value is -2.83. The number of rotatable bonds is 2. The first kappa shape index (κ1) is 15.1. The average molecular weight is 320 g/mol. The van der Waals surface area contributed by atoms with Crippen molar-refractivity contribution in [2.75, 3.05) is 11.9 Å². The van der Waals surface area contributed by atoms with Crippen LogP contribution in [-0.2, 0) is 4.79 Å². The molecule has 0 spiro atoms. The van der Waals surface area contributed by atoms with Gasteiger partial charge in [0, 0.05) is 11.1 Å². The molecule has 2 aromatic rings. The second-order valence-electron chi connectivity index (χ2n) is 4.83. The second kappa shape index (κ2) is 5.75. The van der Waals surface area contributed by atoms with Gasteiger partial charge in [-0.2, -0.15) is 0 Å². The number of amides is 1. The van der Waals surface area contributed by atoms with Gasteiger partial charge in [0.2, 0.25) is 5.91 Å². The zero-order valence-corrected chi connectivity index (χ0v) is 11.7. The molecular formula is C16H11F3N2O2. The molecule has 23 heavy (non-hydrogen) atoms. The average Bonchev–Trinajstić information content (AvgIpc) is 2.65. The number of benzene rings is 2. The van der Waals surface area contributed by atoms with Gasteiger partial charge < -0.3 is 10.1 Å². The Labute approximate surface area is 129 Å². The Kier molecular flexibility index (Phi) is 3.77. The van der Waals surface area contributed by atoms with E-state index in [9.17, 15) is 18.0 Å². The molecule has 1 aliphatic rings. The van der Waals surface area contributed by atoms with Gasteiger partial charge in [0.25, 0.3) is 0 Å². The summed E-state index contributed by atoms with van der Waals surface area (Å²) in [5.74, 6) is -0.697. The van der Waals surface area contributed by atoms with Crippen molar-refractivity contribution in [1.29, 1.82) is 0 Å². The van der Waals surface area contributed by atoms with E-state index in [4.69, 9.17) is 0 Å². The number of alkyl halides is 3. The molecule has 0 saturated heterocycles. The molecule has 0 radical (unpaired) electrons. The lowest BCUT2D eigenvalue weighted by molar-refractivity contribution is -0.274. The monoisotopic (exact) mass is 320 g/mol. The Morgan fingerprint density at radius 1 is 1.09 bits per heavy atom. The predicted octanol–water partition coefficient (Wildman–Crippen LogP) is 3.37. The zero-order valence-electron chi connectivity index (χ0n) is 11.7. The van der Waals surface area contributed by atoms with E-state index in [-0.39, 0.29) is 18.2 Å². The molecule has 1 aliphatic heterocycles. The minimum absolute atomic E-state index is 0.103. The summed E-state index contributed by atoms with van der Waals surface area (Å²) in [5.41, 5.74) is 1.91. The lowest BCUT2D eigenvalue weighted by Gasteiger charge is -2.14. The van der Waals surface area contributed by atoms with Crippen molar-refractivity contribution in [3.05, 3.63) is 59.7 Å². The second-order valence-corrected chi connectivity index (χ2v) is 4.83. The summed E-state index contributed by atoms with van der Waals surface area (Å²) in [7, 11) is 0. The van der Waals surface area contributed by atoms with Crippen molar-refractivity contribution in [3.63, 3.8) is 0 Å². The molecule has 1 N–H and O–H groups in total. The van der Waals surface area contributed by atoms with Crippen molar-refractivity contribution in [2.24, 2.45) is 4.99 Å². The van der Waals surface area contributed by atoms with Crippen molar-refractivity contribution < 1.29 is 22.7 Å². The van der Waals surface area contributed by atoms with Gasteiger partial charge >= 0.3 is 6.36 Å². The molecule has 1 amide bonds. The van der Waals surface area contributed by atoms with Crippen LogP contribution in [0.25, 0.3) is 0 Å². The lowest BCUT2D eigenvalue weighted by Crippen LogP contribution is -2.18. The van der Waals surface area contributed by atoms with E-state index in [1.54, 1.807) is 24.3 Å². The Morgan fingerprint density at radius 3 is 2.52 bits per heavy atom. The number of anilines is 1. The number of carbonyl (C=O) groups excluding carboxylic acids is 1. The first-order valence-corrected chi connectivity index (χ1v) is 6.72. The van der Waals surface area contributed by atoms with Crippen molar-refractivity contribution >= 4 is 17.3 Å². The number of nitrogens with zero attached hydrogens (tertiary/aromatic N) is 1. The Balaban J connectivity index is 2.10. The topological polar surface area (TPSA) is 50.7 Å². The number of nitrogens with one attached hydrogen (secondary N) is 1. The fraction of sp³-hybridized carbons (Fsp3) is 0.125. The molecular weight excluding hydrogens is 309 g/mol. The van der Waals surface area contributed by atoms with Crippen LogP contribution in [0.15, 0.2) is 53.5 Å². The summed E-state index contributed by atoms with van der Waals surface area (Å²) in [6, 6.07) is 12.7. The minimum Gasteiger partial charge on any atom is -0.406 e. The van der Waals surface area contributed by atoms with Crippen LogP contribution in [0, 0.1) is 0 Å². The van der Waals surface area contributed by atoms with Gasteiger partial charge in [0.1, 0.15) is 12.3 Å². The van der Waals surface area contributed by atoms with E-state index in [2.05, 4.69) is 15.0 Å². The quantitative estimate of drug-likeness (QED) is 0.922. The van der Waals surface area contributed by atoms with Crippen molar-refractivity contribution in [3.8, 4) is 5.75 Å². The first-order valence-electron chi connectivity index (χ1n) is 6.72. The standard InChI is InChI=1S/C16H11F3N2O2/c17-16(18,19)23-11-6-7-13-12(8-11)15(20-9-14(22)21-13)10-4-2-1-3-5-10/h1-8H,9H2,(H,21,22). The highest BCUT2D eigenvalue weighted by Gasteiger charge is 2.31. The van der Waals surface area contributed by atoms with E-state index in [1.165, 1.54) is 12.1 Å². The molecule has 118 valence electrons. The van der Waals surface area contributed by atoms with E-state index in [0.29, 0.717) is 22.5 Å². The summed E-state index contributed by atoms with van der Waals surface area (Å²) in [6.45, 7) is -0.103. The summed E-state index contributed by atoms with van der Waals surface area (Å²) in [5, 5.41) is 2.62. The maximum absolute atomic E-state index is 12.4. The van der Waals surface area contributed by atoms with Crippen LogP contribution in [0.2, 0.25) is 0 Å². The lowest BCUT2D eigenvalue weighted by atomic mass is 10.0. The number of aliphatic imine (C=N–C) groups is 1. The molecule has 0 saturated carbocycles.